The number of aliphatic hydroxyl groups is 1. The first kappa shape index (κ1) is 32.1. The molecule has 1 fully saturated rings. The maximum atomic E-state index is 13.4. The molecule has 1 aliphatic carbocycles. The fourth-order valence-corrected chi connectivity index (χ4v) is 6.13. The maximum absolute atomic E-state index is 13.4. The molecule has 0 bridgehead atoms. The minimum Gasteiger partial charge on any atom is -0.484 e. The highest BCUT2D eigenvalue weighted by atomic mass is 16.5. The molecule has 0 unspecified atom stereocenters. The van der Waals surface area contributed by atoms with E-state index in [2.05, 4.69) is 36.8 Å². The van der Waals surface area contributed by atoms with Crippen molar-refractivity contribution in [3.05, 3.63) is 95.3 Å². The molecule has 2 aromatic heterocycles. The molecule has 6 rings (SSSR count). The Bertz CT molecular complexity index is 1790. The largest absolute Gasteiger partial charge is 0.484 e. The molecule has 1 saturated heterocycles. The highest BCUT2D eigenvalue weighted by Gasteiger charge is 2.31. The molecule has 0 saturated carbocycles. The summed E-state index contributed by atoms with van der Waals surface area (Å²) < 4.78 is 8.52. The van der Waals surface area contributed by atoms with Crippen molar-refractivity contribution in [3.63, 3.8) is 0 Å². The van der Waals surface area contributed by atoms with Gasteiger partial charge in [-0.15, -0.1) is 10.2 Å². The summed E-state index contributed by atoms with van der Waals surface area (Å²) in [6.07, 6.45) is 6.77. The Hall–Kier alpha value is -4.90. The van der Waals surface area contributed by atoms with Gasteiger partial charge >= 0.3 is 6.03 Å². The Morgan fingerprint density at radius 2 is 1.83 bits per heavy atom. The molecular weight excluding hydrogens is 592 g/mol. The van der Waals surface area contributed by atoms with Gasteiger partial charge in [0, 0.05) is 23.7 Å². The predicted octanol–water partition coefficient (Wildman–Crippen LogP) is 5.87. The first-order valence-corrected chi connectivity index (χ1v) is 16.3. The van der Waals surface area contributed by atoms with Gasteiger partial charge in [0.1, 0.15) is 17.7 Å². The molecule has 2 amide bonds. The van der Waals surface area contributed by atoms with Gasteiger partial charge in [0.05, 0.1) is 30.6 Å². The summed E-state index contributed by atoms with van der Waals surface area (Å²) >= 11 is 0. The molecule has 47 heavy (non-hydrogen) atoms. The maximum Gasteiger partial charge on any atom is 0.320 e. The van der Waals surface area contributed by atoms with E-state index in [4.69, 9.17) is 10.5 Å². The van der Waals surface area contributed by atoms with Crippen LogP contribution < -0.4 is 26.0 Å². The zero-order valence-corrected chi connectivity index (χ0v) is 27.5. The fourth-order valence-electron chi connectivity index (χ4n) is 6.13. The van der Waals surface area contributed by atoms with E-state index in [1.54, 1.807) is 6.08 Å². The highest BCUT2D eigenvalue weighted by Crippen LogP contribution is 2.39. The number of rotatable bonds is 7. The van der Waals surface area contributed by atoms with Crippen LogP contribution in [0, 0.1) is 12.3 Å². The van der Waals surface area contributed by atoms with Gasteiger partial charge in [-0.3, -0.25) is 9.72 Å². The minimum absolute atomic E-state index is 0.0376. The third-order valence-electron chi connectivity index (χ3n) is 8.90. The van der Waals surface area contributed by atoms with E-state index in [9.17, 15) is 9.90 Å². The molecule has 3 atom stereocenters. The van der Waals surface area contributed by atoms with E-state index in [1.165, 1.54) is 0 Å². The number of allylic oxidation sites excluding steroid dienone is 1. The molecule has 246 valence electrons. The second kappa shape index (κ2) is 13.4. The number of hydrogen-bond donors (Lipinski definition) is 4. The molecule has 0 spiro atoms. The number of carbonyl (C=O) groups excluding carboxylic acids is 1. The number of nitrogens with two attached hydrogens (primary N) is 1. The van der Waals surface area contributed by atoms with Crippen LogP contribution in [0.2, 0.25) is 0 Å². The molecule has 11 nitrogen and oxygen atoms in total. The standard InChI is InChI=1S/C36H44N8O3/c1-23-11-13-24(14-12-23)38-32(20-31(37)36(2,3)4)40-34(46)39-29-16-17-30(28-10-6-5-9-27(28)29)47-26-15-18-33-41-42-35(44(33)21-26)43-19-7-8-25(43)22-45/h5-6,9-15,18,20-21,25,29-30,45H,7-8,16-17,19,22,37H2,1-4H3,(H2,38,39,40,46)/t25-,29-,30+/m0/s1. The highest BCUT2D eigenvalue weighted by molar-refractivity contribution is 6.05. The number of benzene rings is 2. The van der Waals surface area contributed by atoms with Crippen LogP contribution in [-0.4, -0.2) is 50.8 Å². The first-order valence-electron chi connectivity index (χ1n) is 16.3. The Kier molecular flexibility index (Phi) is 9.17. The molecule has 0 radical (unpaired) electrons. The number of nitrogens with one attached hydrogen (secondary N) is 2. The summed E-state index contributed by atoms with van der Waals surface area (Å²) in [6, 6.07) is 19.1. The fraction of sp³-hybridized carbons (Fsp3) is 0.389. The zero-order valence-electron chi connectivity index (χ0n) is 27.5. The predicted molar refractivity (Wildman–Crippen MR) is 184 cm³/mol. The Balaban J connectivity index is 1.19. The minimum atomic E-state index is -0.360. The van der Waals surface area contributed by atoms with Gasteiger partial charge < -0.3 is 25.8 Å². The Labute approximate surface area is 275 Å². The van der Waals surface area contributed by atoms with E-state index >= 15 is 0 Å². The van der Waals surface area contributed by atoms with Gasteiger partial charge in [0.2, 0.25) is 5.95 Å². The number of amides is 2. The van der Waals surface area contributed by atoms with Gasteiger partial charge in [-0.1, -0.05) is 62.7 Å². The van der Waals surface area contributed by atoms with Gasteiger partial charge in [0.15, 0.2) is 5.65 Å². The zero-order chi connectivity index (χ0) is 33.1. The third kappa shape index (κ3) is 7.25. The monoisotopic (exact) mass is 636 g/mol. The quantitative estimate of drug-likeness (QED) is 0.147. The van der Waals surface area contributed by atoms with Gasteiger partial charge in [-0.25, -0.2) is 9.79 Å². The van der Waals surface area contributed by atoms with Crippen molar-refractivity contribution in [2.75, 3.05) is 18.1 Å². The van der Waals surface area contributed by atoms with E-state index in [0.717, 1.165) is 47.4 Å². The lowest BCUT2D eigenvalue weighted by atomic mass is 9.85. The number of aromatic nitrogens is 3. The average Bonchev–Trinajstić information content (AvgIpc) is 3.69. The summed E-state index contributed by atoms with van der Waals surface area (Å²) in [5, 5.41) is 24.7. The summed E-state index contributed by atoms with van der Waals surface area (Å²) in [5.41, 5.74) is 11.3. The lowest BCUT2D eigenvalue weighted by molar-refractivity contribution is 0.171. The van der Waals surface area contributed by atoms with Crippen LogP contribution in [0.5, 0.6) is 5.75 Å². The smallest absolute Gasteiger partial charge is 0.320 e. The Morgan fingerprint density at radius 3 is 2.57 bits per heavy atom. The molecule has 3 heterocycles. The Morgan fingerprint density at radius 1 is 1.06 bits per heavy atom. The number of urea groups is 1. The van der Waals surface area contributed by atoms with E-state index in [1.807, 2.05) is 92.9 Å². The molecular formula is C36H44N8O3. The number of nitrogens with zero attached hydrogens (tertiary/aromatic N) is 5. The van der Waals surface area contributed by atoms with Gasteiger partial charge in [0.25, 0.3) is 0 Å². The van der Waals surface area contributed by atoms with E-state index in [0.29, 0.717) is 36.1 Å². The van der Waals surface area contributed by atoms with Crippen LogP contribution in [0.15, 0.2) is 83.6 Å². The van der Waals surface area contributed by atoms with Crippen molar-refractivity contribution in [2.45, 2.75) is 71.6 Å². The van der Waals surface area contributed by atoms with Crippen molar-refractivity contribution in [3.8, 4) is 5.75 Å². The SMILES string of the molecule is Cc1ccc(N=C(C=C(N)C(C)(C)C)NC(=O)N[C@H]2CC[C@@H](Oc3ccc4nnc(N5CCC[C@H]5CO)n4c3)c3ccccc32)cc1. The lowest BCUT2D eigenvalue weighted by Gasteiger charge is -2.32. The van der Waals surface area contributed by atoms with Crippen LogP contribution in [0.3, 0.4) is 0 Å². The van der Waals surface area contributed by atoms with Crippen molar-refractivity contribution in [1.29, 1.82) is 0 Å². The molecule has 2 aliphatic rings. The second-order valence-electron chi connectivity index (χ2n) is 13.4. The average molecular weight is 637 g/mol. The number of pyridine rings is 1. The van der Waals surface area contributed by atoms with Crippen LogP contribution in [0.1, 0.15) is 75.3 Å². The van der Waals surface area contributed by atoms with Gasteiger partial charge in [-0.2, -0.15) is 0 Å². The van der Waals surface area contributed by atoms with Crippen LogP contribution >= 0.6 is 0 Å². The summed E-state index contributed by atoms with van der Waals surface area (Å²) in [5.74, 6) is 1.78. The summed E-state index contributed by atoms with van der Waals surface area (Å²) in [7, 11) is 0. The number of amidine groups is 1. The number of carbonyl (C=O) groups is 1. The summed E-state index contributed by atoms with van der Waals surface area (Å²) in [6.45, 7) is 8.98. The number of hydrogen-bond acceptors (Lipinski definition) is 8. The number of ether oxygens (including phenoxy) is 1. The molecule has 2 aromatic carbocycles. The lowest BCUT2D eigenvalue weighted by Crippen LogP contribution is -2.42. The van der Waals surface area contributed by atoms with E-state index in [-0.39, 0.29) is 36.2 Å². The third-order valence-corrected chi connectivity index (χ3v) is 8.90. The molecule has 5 N–H and O–H groups in total. The number of aliphatic hydroxyl groups excluding tert-OH is 1. The van der Waals surface area contributed by atoms with Crippen LogP contribution in [-0.2, 0) is 0 Å². The van der Waals surface area contributed by atoms with Crippen molar-refractivity contribution in [1.82, 2.24) is 25.2 Å². The summed E-state index contributed by atoms with van der Waals surface area (Å²) in [4.78, 5) is 20.2. The molecule has 4 aromatic rings. The molecule has 11 heteroatoms. The number of anilines is 1. The van der Waals surface area contributed by atoms with Crippen molar-refractivity contribution in [2.24, 2.45) is 16.1 Å². The van der Waals surface area contributed by atoms with Crippen LogP contribution in [0.25, 0.3) is 5.65 Å². The topological polar surface area (TPSA) is 142 Å². The number of aryl methyl sites for hydroxylation is 1. The van der Waals surface area contributed by atoms with Gasteiger partial charge in [-0.05, 0) is 68.0 Å². The first-order chi connectivity index (χ1) is 22.6. The normalized spacial score (nSPS) is 20.3. The molecule has 1 aliphatic heterocycles. The number of fused-ring (bicyclic) bond motifs is 2. The van der Waals surface area contributed by atoms with E-state index < -0.39 is 0 Å². The second-order valence-corrected chi connectivity index (χ2v) is 13.4. The van der Waals surface area contributed by atoms with Crippen molar-refractivity contribution >= 4 is 29.1 Å². The van der Waals surface area contributed by atoms with Crippen LogP contribution in [0.4, 0.5) is 16.4 Å². The number of aliphatic imine (C=N–C) groups is 1. The van der Waals surface area contributed by atoms with Crippen molar-refractivity contribution < 1.29 is 14.6 Å².